The smallest absolute Gasteiger partial charge is 0.407 e. The minimum atomic E-state index is -0.805. The second-order valence-electron chi connectivity index (χ2n) is 9.04. The number of carbonyl (C=O) groups excluding carboxylic acids is 2. The van der Waals surface area contributed by atoms with Crippen molar-refractivity contribution in [3.8, 4) is 11.1 Å². The molecule has 0 saturated carbocycles. The van der Waals surface area contributed by atoms with Gasteiger partial charge in [-0.25, -0.2) is 4.79 Å². The number of benzene rings is 2. The Hall–Kier alpha value is -3.39. The van der Waals surface area contributed by atoms with Crippen molar-refractivity contribution >= 4 is 18.0 Å². The summed E-state index contributed by atoms with van der Waals surface area (Å²) >= 11 is 0. The third-order valence-electron chi connectivity index (χ3n) is 6.69. The van der Waals surface area contributed by atoms with Gasteiger partial charge in [-0.2, -0.15) is 0 Å². The lowest BCUT2D eigenvalue weighted by Crippen LogP contribution is -2.42. The first-order valence-corrected chi connectivity index (χ1v) is 12.2. The number of ether oxygens (including phenoxy) is 2. The molecule has 2 aromatic rings. The summed E-state index contributed by atoms with van der Waals surface area (Å²) in [6.45, 7) is 1.48. The van der Waals surface area contributed by atoms with E-state index in [-0.39, 0.29) is 30.8 Å². The quantitative estimate of drug-likeness (QED) is 0.423. The number of carboxylic acid groups (broad SMARTS) is 1. The van der Waals surface area contributed by atoms with Gasteiger partial charge in [0.2, 0.25) is 5.91 Å². The lowest BCUT2D eigenvalue weighted by Gasteiger charge is -2.19. The van der Waals surface area contributed by atoms with E-state index in [1.54, 1.807) is 0 Å². The van der Waals surface area contributed by atoms with Gasteiger partial charge in [0.05, 0.1) is 0 Å². The Morgan fingerprint density at radius 1 is 0.943 bits per heavy atom. The first-order chi connectivity index (χ1) is 17.0. The van der Waals surface area contributed by atoms with Crippen molar-refractivity contribution in [2.75, 3.05) is 26.3 Å². The molecule has 0 bridgehead atoms. The molecule has 2 aromatic carbocycles. The second-order valence-corrected chi connectivity index (χ2v) is 9.04. The summed E-state index contributed by atoms with van der Waals surface area (Å²) < 4.78 is 11.2. The van der Waals surface area contributed by atoms with E-state index in [1.165, 1.54) is 11.1 Å². The predicted octanol–water partition coefficient (Wildman–Crippen LogP) is 3.69. The van der Waals surface area contributed by atoms with E-state index < -0.39 is 18.2 Å². The first kappa shape index (κ1) is 24.7. The van der Waals surface area contributed by atoms with Gasteiger partial charge in [-0.1, -0.05) is 55.0 Å². The number of unbranched alkanes of at least 4 members (excludes halogenated alkanes) is 2. The van der Waals surface area contributed by atoms with Crippen molar-refractivity contribution in [2.45, 2.75) is 44.1 Å². The molecule has 1 heterocycles. The maximum Gasteiger partial charge on any atom is 0.407 e. The first-order valence-electron chi connectivity index (χ1n) is 12.2. The Kier molecular flexibility index (Phi) is 8.36. The van der Waals surface area contributed by atoms with Gasteiger partial charge in [-0.05, 0) is 41.5 Å². The molecular weight excluding hydrogens is 448 g/mol. The molecule has 2 atom stereocenters. The van der Waals surface area contributed by atoms with Crippen molar-refractivity contribution in [1.29, 1.82) is 0 Å². The molecule has 2 aliphatic rings. The largest absolute Gasteiger partial charge is 0.481 e. The highest BCUT2D eigenvalue weighted by Crippen LogP contribution is 2.44. The number of hydrogen-bond donors (Lipinski definition) is 3. The number of alkyl carbamates (subject to hydrolysis) is 1. The van der Waals surface area contributed by atoms with Crippen molar-refractivity contribution in [3.05, 3.63) is 59.7 Å². The number of rotatable bonds is 11. The van der Waals surface area contributed by atoms with E-state index >= 15 is 0 Å². The van der Waals surface area contributed by atoms with Crippen LogP contribution < -0.4 is 10.6 Å². The van der Waals surface area contributed by atoms with Gasteiger partial charge in [0.15, 0.2) is 0 Å². The SMILES string of the molecule is O=C(O)CCCCCNC(=O)C1OCCC1CNC(=O)OCC1c2ccccc2-c2ccccc21. The monoisotopic (exact) mass is 480 g/mol. The zero-order valence-electron chi connectivity index (χ0n) is 19.7. The summed E-state index contributed by atoms with van der Waals surface area (Å²) in [6, 6.07) is 16.4. The van der Waals surface area contributed by atoms with Crippen molar-refractivity contribution in [2.24, 2.45) is 5.92 Å². The normalized spacial score (nSPS) is 18.5. The molecule has 0 aromatic heterocycles. The number of aliphatic carboxylic acids is 1. The van der Waals surface area contributed by atoms with Crippen LogP contribution in [0, 0.1) is 5.92 Å². The maximum absolute atomic E-state index is 12.5. The van der Waals surface area contributed by atoms with E-state index in [9.17, 15) is 14.4 Å². The molecule has 1 aliphatic heterocycles. The fraction of sp³-hybridized carbons (Fsp3) is 0.444. The molecular formula is C27H32N2O6. The van der Waals surface area contributed by atoms with Crippen LogP contribution >= 0.6 is 0 Å². The molecule has 4 rings (SSSR count). The van der Waals surface area contributed by atoms with Crippen molar-refractivity contribution < 1.29 is 29.0 Å². The molecule has 2 amide bonds. The van der Waals surface area contributed by atoms with E-state index in [4.69, 9.17) is 14.6 Å². The average Bonchev–Trinajstić information content (AvgIpc) is 3.46. The standard InChI is InChI=1S/C27H32N2O6/c30-24(31)12-2-1-7-14-28-26(32)25-18(13-15-34-25)16-29-27(33)35-17-23-21-10-5-3-8-19(21)20-9-4-6-11-22(20)23/h3-6,8-11,18,23,25H,1-2,7,12-17H2,(H,28,32)(H,29,33)(H,30,31). The van der Waals surface area contributed by atoms with Crippen LogP contribution in [0.4, 0.5) is 4.79 Å². The van der Waals surface area contributed by atoms with E-state index in [2.05, 4.69) is 34.9 Å². The molecule has 1 fully saturated rings. The molecule has 186 valence electrons. The Morgan fingerprint density at radius 2 is 1.63 bits per heavy atom. The van der Waals surface area contributed by atoms with E-state index in [1.807, 2.05) is 24.3 Å². The minimum absolute atomic E-state index is 0.00279. The van der Waals surface area contributed by atoms with Crippen LogP contribution in [-0.2, 0) is 19.1 Å². The van der Waals surface area contributed by atoms with Crippen LogP contribution in [0.3, 0.4) is 0 Å². The fourth-order valence-corrected chi connectivity index (χ4v) is 4.89. The van der Waals surface area contributed by atoms with Gasteiger partial charge in [0, 0.05) is 38.0 Å². The van der Waals surface area contributed by atoms with Gasteiger partial charge in [-0.3, -0.25) is 9.59 Å². The Morgan fingerprint density at radius 3 is 2.31 bits per heavy atom. The summed E-state index contributed by atoms with van der Waals surface area (Å²) in [4.78, 5) is 35.5. The highest BCUT2D eigenvalue weighted by Gasteiger charge is 2.34. The highest BCUT2D eigenvalue weighted by atomic mass is 16.5. The molecule has 3 N–H and O–H groups in total. The molecule has 2 unspecified atom stereocenters. The van der Waals surface area contributed by atoms with Crippen LogP contribution in [-0.4, -0.2) is 55.5 Å². The van der Waals surface area contributed by atoms with Crippen LogP contribution in [0.1, 0.15) is 49.1 Å². The molecule has 8 nitrogen and oxygen atoms in total. The van der Waals surface area contributed by atoms with Crippen LogP contribution in [0.15, 0.2) is 48.5 Å². The Bertz CT molecular complexity index is 1010. The number of carboxylic acids is 1. The van der Waals surface area contributed by atoms with E-state index in [0.717, 1.165) is 17.5 Å². The third-order valence-corrected chi connectivity index (χ3v) is 6.69. The maximum atomic E-state index is 12.5. The number of fused-ring (bicyclic) bond motifs is 3. The van der Waals surface area contributed by atoms with Gasteiger partial charge < -0.3 is 25.2 Å². The fourth-order valence-electron chi connectivity index (χ4n) is 4.89. The summed E-state index contributed by atoms with van der Waals surface area (Å²) in [5, 5.41) is 14.3. The molecule has 0 spiro atoms. The predicted molar refractivity (Wildman–Crippen MR) is 130 cm³/mol. The van der Waals surface area contributed by atoms with Crippen LogP contribution in [0.2, 0.25) is 0 Å². The number of amides is 2. The van der Waals surface area contributed by atoms with Gasteiger partial charge >= 0.3 is 12.1 Å². The summed E-state index contributed by atoms with van der Waals surface area (Å²) in [6.07, 6.45) is 1.76. The zero-order chi connectivity index (χ0) is 24.6. The molecule has 0 radical (unpaired) electrons. The molecule has 1 aliphatic carbocycles. The van der Waals surface area contributed by atoms with Gasteiger partial charge in [0.1, 0.15) is 12.7 Å². The molecule has 8 heteroatoms. The van der Waals surface area contributed by atoms with Crippen molar-refractivity contribution in [1.82, 2.24) is 10.6 Å². The minimum Gasteiger partial charge on any atom is -0.481 e. The summed E-state index contributed by atoms with van der Waals surface area (Å²) in [5.74, 6) is -1.13. The van der Waals surface area contributed by atoms with Crippen LogP contribution in [0.25, 0.3) is 11.1 Å². The topological polar surface area (TPSA) is 114 Å². The average molecular weight is 481 g/mol. The zero-order valence-corrected chi connectivity index (χ0v) is 19.7. The summed E-state index contributed by atoms with van der Waals surface area (Å²) in [5.41, 5.74) is 4.67. The van der Waals surface area contributed by atoms with E-state index in [0.29, 0.717) is 39.0 Å². The lowest BCUT2D eigenvalue weighted by atomic mass is 9.98. The molecule has 35 heavy (non-hydrogen) atoms. The Labute approximate surface area is 205 Å². The van der Waals surface area contributed by atoms with Crippen LogP contribution in [0.5, 0.6) is 0 Å². The number of carbonyl (C=O) groups is 3. The number of hydrogen-bond acceptors (Lipinski definition) is 5. The number of nitrogens with one attached hydrogen (secondary N) is 2. The van der Waals surface area contributed by atoms with Crippen molar-refractivity contribution in [3.63, 3.8) is 0 Å². The molecule has 1 saturated heterocycles. The Balaban J connectivity index is 1.21. The second kappa shape index (κ2) is 11.8. The third kappa shape index (κ3) is 6.19. The lowest BCUT2D eigenvalue weighted by molar-refractivity contribution is -0.137. The highest BCUT2D eigenvalue weighted by molar-refractivity contribution is 5.81. The summed E-state index contributed by atoms with van der Waals surface area (Å²) in [7, 11) is 0. The van der Waals surface area contributed by atoms with Gasteiger partial charge in [0.25, 0.3) is 0 Å². The van der Waals surface area contributed by atoms with Gasteiger partial charge in [-0.15, -0.1) is 0 Å².